The largest absolute Gasteiger partial charge is 0.493 e. The molecule has 0 spiro atoms. The van der Waals surface area contributed by atoms with E-state index in [-0.39, 0.29) is 23.5 Å². The van der Waals surface area contributed by atoms with Crippen LogP contribution in [0.4, 0.5) is 0 Å². The highest BCUT2D eigenvalue weighted by molar-refractivity contribution is 5.95. The van der Waals surface area contributed by atoms with Crippen LogP contribution >= 0.6 is 0 Å². The van der Waals surface area contributed by atoms with Crippen LogP contribution in [-0.4, -0.2) is 36.6 Å². The number of rotatable bonds is 3. The van der Waals surface area contributed by atoms with Crippen LogP contribution in [0.25, 0.3) is 27.7 Å². The number of pyridine rings is 1. The molecule has 0 aliphatic carbocycles. The molecule has 8 nitrogen and oxygen atoms in total. The summed E-state index contributed by atoms with van der Waals surface area (Å²) in [6.45, 7) is 0.399. The topological polar surface area (TPSA) is 104 Å². The van der Waals surface area contributed by atoms with E-state index in [0.29, 0.717) is 46.4 Å². The number of hydrogen-bond acceptors (Lipinski definition) is 5. The molecular weight excluding hydrogens is 478 g/mol. The second kappa shape index (κ2) is 8.18. The molecule has 0 saturated carbocycles. The van der Waals surface area contributed by atoms with E-state index >= 15 is 0 Å². The van der Waals surface area contributed by atoms with Gasteiger partial charge in [-0.15, -0.1) is 0 Å². The predicted octanol–water partition coefficient (Wildman–Crippen LogP) is 4.57. The van der Waals surface area contributed by atoms with Crippen molar-refractivity contribution in [2.45, 2.75) is 18.5 Å². The van der Waals surface area contributed by atoms with Gasteiger partial charge in [-0.25, -0.2) is 9.36 Å². The van der Waals surface area contributed by atoms with E-state index in [1.54, 1.807) is 39.9 Å². The molecule has 2 aliphatic heterocycles. The van der Waals surface area contributed by atoms with E-state index in [9.17, 15) is 20.0 Å². The van der Waals surface area contributed by atoms with Gasteiger partial charge < -0.3 is 10.0 Å². The van der Waals surface area contributed by atoms with E-state index in [4.69, 9.17) is 0 Å². The van der Waals surface area contributed by atoms with Crippen molar-refractivity contribution in [3.8, 4) is 28.8 Å². The van der Waals surface area contributed by atoms with E-state index in [1.165, 1.54) is 4.57 Å². The number of carbonyl (C=O) groups excluding carboxylic acids is 1. The van der Waals surface area contributed by atoms with E-state index in [2.05, 4.69) is 11.1 Å². The number of aromatic nitrogens is 3. The number of amides is 1. The summed E-state index contributed by atoms with van der Waals surface area (Å²) in [4.78, 5) is 33.2. The van der Waals surface area contributed by atoms with Crippen molar-refractivity contribution in [3.05, 3.63) is 112 Å². The normalized spacial score (nSPS) is 17.5. The maximum absolute atomic E-state index is 13.6. The molecule has 1 N–H and O–H groups in total. The van der Waals surface area contributed by atoms with Gasteiger partial charge in [0.15, 0.2) is 0 Å². The van der Waals surface area contributed by atoms with E-state index < -0.39 is 6.04 Å². The number of aromatic hydroxyl groups is 1. The van der Waals surface area contributed by atoms with Crippen LogP contribution in [-0.2, 0) is 0 Å². The lowest BCUT2D eigenvalue weighted by atomic mass is 10.0. The van der Waals surface area contributed by atoms with Gasteiger partial charge in [0.2, 0.25) is 5.88 Å². The van der Waals surface area contributed by atoms with Gasteiger partial charge in [-0.1, -0.05) is 42.5 Å². The van der Waals surface area contributed by atoms with Gasteiger partial charge in [-0.3, -0.25) is 14.3 Å². The molecular formula is C30H21N5O3. The van der Waals surface area contributed by atoms with Crippen molar-refractivity contribution in [2.75, 3.05) is 6.54 Å². The number of nitrogens with zero attached hydrogens (tertiary/aromatic N) is 5. The van der Waals surface area contributed by atoms with Crippen LogP contribution < -0.4 is 5.69 Å². The molecule has 2 aromatic heterocycles. The Labute approximate surface area is 217 Å². The van der Waals surface area contributed by atoms with Crippen molar-refractivity contribution in [1.82, 2.24) is 19.0 Å². The third-order valence-corrected chi connectivity index (χ3v) is 7.67. The zero-order valence-electron chi connectivity index (χ0n) is 20.2. The highest BCUT2D eigenvalue weighted by atomic mass is 16.3. The molecule has 2 aliphatic rings. The minimum Gasteiger partial charge on any atom is -0.493 e. The number of hydrogen-bond donors (Lipinski definition) is 1. The fourth-order valence-corrected chi connectivity index (χ4v) is 5.93. The first kappa shape index (κ1) is 22.1. The number of likely N-dealkylation sites (tertiary alicyclic amines) is 1. The maximum atomic E-state index is 13.6. The van der Waals surface area contributed by atoms with Crippen LogP contribution in [0.1, 0.15) is 40.1 Å². The Morgan fingerprint density at radius 3 is 2.50 bits per heavy atom. The lowest BCUT2D eigenvalue weighted by molar-refractivity contribution is 0.0711. The molecule has 4 heterocycles. The Bertz CT molecular complexity index is 1850. The minimum atomic E-state index is -0.405. The molecule has 3 aromatic carbocycles. The lowest BCUT2D eigenvalue weighted by Gasteiger charge is -2.27. The fourth-order valence-electron chi connectivity index (χ4n) is 5.93. The summed E-state index contributed by atoms with van der Waals surface area (Å²) >= 11 is 0. The smallest absolute Gasteiger partial charge is 0.336 e. The number of nitriles is 1. The quantitative estimate of drug-likeness (QED) is 0.392. The molecule has 7 rings (SSSR count). The van der Waals surface area contributed by atoms with Crippen LogP contribution in [0.15, 0.2) is 89.9 Å². The number of imidazole rings is 1. The van der Waals surface area contributed by atoms with Crippen molar-refractivity contribution in [3.63, 3.8) is 0 Å². The van der Waals surface area contributed by atoms with Crippen molar-refractivity contribution < 1.29 is 9.90 Å². The zero-order valence-corrected chi connectivity index (χ0v) is 20.2. The Balaban J connectivity index is 1.26. The summed E-state index contributed by atoms with van der Waals surface area (Å²) in [6, 6.07) is 25.7. The molecule has 5 aromatic rings. The van der Waals surface area contributed by atoms with Gasteiger partial charge in [0.25, 0.3) is 5.91 Å². The molecule has 2 unspecified atom stereocenters. The average Bonchev–Trinajstić information content (AvgIpc) is 3.64. The first-order valence-corrected chi connectivity index (χ1v) is 12.4. The molecule has 1 saturated heterocycles. The molecule has 1 amide bonds. The predicted molar refractivity (Wildman–Crippen MR) is 141 cm³/mol. The summed E-state index contributed by atoms with van der Waals surface area (Å²) in [7, 11) is 0. The van der Waals surface area contributed by atoms with Gasteiger partial charge >= 0.3 is 5.69 Å². The monoisotopic (exact) mass is 499 g/mol. The Kier molecular flexibility index (Phi) is 4.75. The van der Waals surface area contributed by atoms with E-state index in [1.807, 2.05) is 54.6 Å². The maximum Gasteiger partial charge on any atom is 0.336 e. The molecule has 38 heavy (non-hydrogen) atoms. The molecule has 184 valence electrons. The number of benzene rings is 3. The summed E-state index contributed by atoms with van der Waals surface area (Å²) in [6.07, 6.45) is 2.17. The third kappa shape index (κ3) is 3.05. The van der Waals surface area contributed by atoms with Crippen molar-refractivity contribution in [1.29, 1.82) is 5.26 Å². The summed E-state index contributed by atoms with van der Waals surface area (Å²) < 4.78 is 2.88. The highest BCUT2D eigenvalue weighted by Gasteiger charge is 2.49. The van der Waals surface area contributed by atoms with Crippen LogP contribution in [0, 0.1) is 11.3 Å². The second-order valence-corrected chi connectivity index (χ2v) is 9.65. The average molecular weight is 500 g/mol. The van der Waals surface area contributed by atoms with Crippen molar-refractivity contribution in [2.24, 2.45) is 0 Å². The first-order valence-electron chi connectivity index (χ1n) is 12.4. The van der Waals surface area contributed by atoms with Gasteiger partial charge in [-0.2, -0.15) is 5.26 Å². The van der Waals surface area contributed by atoms with Gasteiger partial charge in [0.1, 0.15) is 11.8 Å². The summed E-state index contributed by atoms with van der Waals surface area (Å²) in [5, 5.41) is 21.4. The first-order chi connectivity index (χ1) is 18.6. The lowest BCUT2D eigenvalue weighted by Crippen LogP contribution is -2.37. The summed E-state index contributed by atoms with van der Waals surface area (Å²) in [5.41, 5.74) is 4.05. The highest BCUT2D eigenvalue weighted by Crippen LogP contribution is 2.49. The number of carbonyl (C=O) groups is 1. The molecule has 0 radical (unpaired) electrons. The third-order valence-electron chi connectivity index (χ3n) is 7.67. The van der Waals surface area contributed by atoms with Crippen LogP contribution in [0.5, 0.6) is 5.88 Å². The standard InChI is InChI=1S/C30H21N5O3/c31-16-21-12-13-24(23-7-4-14-32-26(21)23)35-29(37)27-25-15-22(34(27)30(35)38)17-33(25)28(36)20-10-8-19(9-11-20)18-5-2-1-3-6-18/h1-14,22,25,37H,15,17H2. The molecule has 1 fully saturated rings. The fraction of sp³-hybridized carbons (Fsp3) is 0.133. The molecule has 2 bridgehead atoms. The Morgan fingerprint density at radius 1 is 0.974 bits per heavy atom. The SMILES string of the molecule is N#Cc1ccc(-n2c(O)c3n(c2=O)C2CC3N(C(=O)c3ccc(-c4ccccc4)cc3)C2)c2cccnc12. The second-order valence-electron chi connectivity index (χ2n) is 9.65. The Hall–Kier alpha value is -5.16. The molecule has 2 atom stereocenters. The van der Waals surface area contributed by atoms with Gasteiger partial charge in [-0.05, 0) is 53.9 Å². The minimum absolute atomic E-state index is 0.129. The number of fused-ring (bicyclic) bond motifs is 6. The summed E-state index contributed by atoms with van der Waals surface area (Å²) in [5.74, 6) is -0.315. The van der Waals surface area contributed by atoms with Gasteiger partial charge in [0, 0.05) is 23.7 Å². The van der Waals surface area contributed by atoms with Gasteiger partial charge in [0.05, 0.1) is 28.9 Å². The van der Waals surface area contributed by atoms with E-state index in [0.717, 1.165) is 11.1 Å². The molecule has 8 heteroatoms. The van der Waals surface area contributed by atoms with Crippen molar-refractivity contribution >= 4 is 16.8 Å². The zero-order chi connectivity index (χ0) is 26.0. The van der Waals surface area contributed by atoms with Crippen LogP contribution in [0.3, 0.4) is 0 Å². The van der Waals surface area contributed by atoms with Crippen LogP contribution in [0.2, 0.25) is 0 Å². The Morgan fingerprint density at radius 2 is 1.74 bits per heavy atom.